The minimum Gasteiger partial charge on any atom is -0.341 e. The number of nitrogens with one attached hydrogen (secondary N) is 1. The molecule has 0 bridgehead atoms. The van der Waals surface area contributed by atoms with E-state index in [1.54, 1.807) is 6.20 Å². The second-order valence-electron chi connectivity index (χ2n) is 11.7. The summed E-state index contributed by atoms with van der Waals surface area (Å²) >= 11 is 0. The molecule has 39 heavy (non-hydrogen) atoms. The van der Waals surface area contributed by atoms with Crippen LogP contribution in [0, 0.1) is 11.6 Å². The van der Waals surface area contributed by atoms with E-state index in [1.165, 1.54) is 12.1 Å². The lowest BCUT2D eigenvalue weighted by Gasteiger charge is -2.42. The molecule has 0 aliphatic carbocycles. The van der Waals surface area contributed by atoms with Crippen molar-refractivity contribution in [2.75, 3.05) is 44.2 Å². The van der Waals surface area contributed by atoms with Crippen molar-refractivity contribution >= 4 is 29.9 Å². The minimum absolute atomic E-state index is 0. The highest BCUT2D eigenvalue weighted by molar-refractivity contribution is 5.97. The normalized spacial score (nSPS) is 22.9. The first kappa shape index (κ1) is 29.4. The predicted molar refractivity (Wildman–Crippen MR) is 149 cm³/mol. The van der Waals surface area contributed by atoms with Gasteiger partial charge in [-0.05, 0) is 37.5 Å². The summed E-state index contributed by atoms with van der Waals surface area (Å²) in [6.45, 7) is 9.98. The number of hydrogen-bond acceptors (Lipinski definition) is 5. The summed E-state index contributed by atoms with van der Waals surface area (Å²) in [6.07, 6.45) is 4.58. The molecule has 2 amide bonds. The molecule has 212 valence electrons. The second-order valence-corrected chi connectivity index (χ2v) is 11.7. The summed E-state index contributed by atoms with van der Waals surface area (Å²) in [5, 5.41) is 3.51. The van der Waals surface area contributed by atoms with Gasteiger partial charge in [0.1, 0.15) is 11.6 Å². The maximum Gasteiger partial charge on any atom is 0.241 e. The zero-order valence-corrected chi connectivity index (χ0v) is 23.7. The van der Waals surface area contributed by atoms with Gasteiger partial charge in [0.25, 0.3) is 0 Å². The van der Waals surface area contributed by atoms with Gasteiger partial charge in [0.2, 0.25) is 11.8 Å². The smallest absolute Gasteiger partial charge is 0.241 e. The van der Waals surface area contributed by atoms with Crippen LogP contribution < -0.4 is 10.2 Å². The predicted octanol–water partition coefficient (Wildman–Crippen LogP) is 3.67. The van der Waals surface area contributed by atoms with E-state index in [0.29, 0.717) is 30.8 Å². The van der Waals surface area contributed by atoms with Crippen molar-refractivity contribution in [1.82, 2.24) is 20.1 Å². The number of carbonyl (C=O) groups is 2. The van der Waals surface area contributed by atoms with Crippen LogP contribution in [0.25, 0.3) is 0 Å². The van der Waals surface area contributed by atoms with Gasteiger partial charge in [0.15, 0.2) is 0 Å². The van der Waals surface area contributed by atoms with E-state index >= 15 is 0 Å². The van der Waals surface area contributed by atoms with Crippen LogP contribution in [0.4, 0.5) is 14.5 Å². The third kappa shape index (κ3) is 6.42. The molecule has 2 fully saturated rings. The fourth-order valence-corrected chi connectivity index (χ4v) is 5.95. The molecule has 4 heterocycles. The Morgan fingerprint density at radius 3 is 2.74 bits per heavy atom. The van der Waals surface area contributed by atoms with Crippen molar-refractivity contribution in [1.29, 1.82) is 0 Å². The number of benzene rings is 1. The van der Waals surface area contributed by atoms with Gasteiger partial charge in [0, 0.05) is 86.6 Å². The summed E-state index contributed by atoms with van der Waals surface area (Å²) < 4.78 is 27.7. The Morgan fingerprint density at radius 1 is 1.21 bits per heavy atom. The van der Waals surface area contributed by atoms with Crippen molar-refractivity contribution < 1.29 is 18.4 Å². The highest BCUT2D eigenvalue weighted by Crippen LogP contribution is 2.40. The number of hydrogen-bond donors (Lipinski definition) is 1. The molecule has 2 aromatic rings. The molecule has 7 nitrogen and oxygen atoms in total. The number of piperidine rings is 1. The number of amides is 2. The molecular weight excluding hydrogens is 524 g/mol. The largest absolute Gasteiger partial charge is 0.341 e. The third-order valence-corrected chi connectivity index (χ3v) is 8.12. The molecule has 2 saturated heterocycles. The number of halogens is 3. The first-order chi connectivity index (χ1) is 18.1. The van der Waals surface area contributed by atoms with Crippen LogP contribution in [0.15, 0.2) is 30.5 Å². The van der Waals surface area contributed by atoms with E-state index < -0.39 is 11.6 Å². The number of carbonyl (C=O) groups excluding carboxylic acids is 2. The van der Waals surface area contributed by atoms with E-state index in [2.05, 4.69) is 36.0 Å². The Bertz CT molecular complexity index is 1230. The Balaban J connectivity index is 0.00000353. The van der Waals surface area contributed by atoms with Crippen molar-refractivity contribution in [3.05, 3.63) is 58.9 Å². The van der Waals surface area contributed by atoms with E-state index in [0.717, 1.165) is 49.8 Å². The summed E-state index contributed by atoms with van der Waals surface area (Å²) in [6, 6.07) is 5.75. The fraction of sp³-hybridized carbons (Fsp3) is 0.552. The van der Waals surface area contributed by atoms with Crippen molar-refractivity contribution in [2.45, 2.75) is 64.0 Å². The molecule has 5 rings (SSSR count). The van der Waals surface area contributed by atoms with Crippen LogP contribution in [-0.4, -0.2) is 78.0 Å². The fourth-order valence-electron chi connectivity index (χ4n) is 5.95. The van der Waals surface area contributed by atoms with Crippen molar-refractivity contribution in [2.24, 2.45) is 0 Å². The van der Waals surface area contributed by atoms with E-state index in [1.807, 2.05) is 15.9 Å². The number of piperazine rings is 1. The van der Waals surface area contributed by atoms with Crippen LogP contribution in [0.5, 0.6) is 0 Å². The average molecular weight is 562 g/mol. The molecule has 1 aromatic carbocycles. The van der Waals surface area contributed by atoms with Gasteiger partial charge in [-0.1, -0.05) is 19.9 Å². The Hall–Kier alpha value is -2.62. The molecule has 3 aliphatic heterocycles. The quantitative estimate of drug-likeness (QED) is 0.583. The zero-order valence-electron chi connectivity index (χ0n) is 22.9. The maximum absolute atomic E-state index is 14.3. The van der Waals surface area contributed by atoms with Gasteiger partial charge in [0.05, 0.1) is 12.2 Å². The third-order valence-electron chi connectivity index (χ3n) is 8.12. The molecule has 1 aromatic heterocycles. The van der Waals surface area contributed by atoms with Crippen LogP contribution in [0.2, 0.25) is 0 Å². The molecule has 0 radical (unpaired) electrons. The monoisotopic (exact) mass is 561 g/mol. The summed E-state index contributed by atoms with van der Waals surface area (Å²) in [7, 11) is 0. The zero-order chi connectivity index (χ0) is 27.0. The molecule has 0 unspecified atom stereocenters. The molecule has 1 N–H and O–H groups in total. The van der Waals surface area contributed by atoms with E-state index in [4.69, 9.17) is 0 Å². The SMILES string of the molecule is C[C@@H]1CN(CC(=O)N2CC(C)(C)c3cnc(Cc4ccc(F)cc4F)cc32)[C@@H](CN2CCCCC2=O)CN1.Cl. The number of fused-ring (bicyclic) bond motifs is 1. The molecule has 2 atom stereocenters. The van der Waals surface area contributed by atoms with Crippen LogP contribution in [0.1, 0.15) is 56.9 Å². The molecule has 0 spiro atoms. The first-order valence-electron chi connectivity index (χ1n) is 13.6. The van der Waals surface area contributed by atoms with Crippen LogP contribution in [-0.2, 0) is 21.4 Å². The lowest BCUT2D eigenvalue weighted by Crippen LogP contribution is -2.61. The summed E-state index contributed by atoms with van der Waals surface area (Å²) in [4.78, 5) is 36.8. The van der Waals surface area contributed by atoms with Gasteiger partial charge in [-0.2, -0.15) is 0 Å². The highest BCUT2D eigenvalue weighted by Gasteiger charge is 2.40. The average Bonchev–Trinajstić information content (AvgIpc) is 3.14. The number of aromatic nitrogens is 1. The van der Waals surface area contributed by atoms with Crippen molar-refractivity contribution in [3.8, 4) is 0 Å². The van der Waals surface area contributed by atoms with Gasteiger partial charge < -0.3 is 15.1 Å². The van der Waals surface area contributed by atoms with E-state index in [9.17, 15) is 18.4 Å². The standard InChI is InChI=1S/C29H37F2N5O2.ClH/c1-19-15-35(23(13-32-19)16-34-9-5-4-6-27(34)37)17-28(38)36-18-29(2,3)24-14-33-22(12-26(24)36)10-20-7-8-21(30)11-25(20)31;/h7-8,11-12,14,19,23,32H,4-6,9-10,13,15-18H2,1-3H3;1H/t19-,23-;/m1./s1. The van der Waals surface area contributed by atoms with Gasteiger partial charge in [-0.15, -0.1) is 12.4 Å². The summed E-state index contributed by atoms with van der Waals surface area (Å²) in [5.41, 5.74) is 2.51. The highest BCUT2D eigenvalue weighted by atomic mass is 35.5. The van der Waals surface area contributed by atoms with E-state index in [-0.39, 0.29) is 54.7 Å². The lowest BCUT2D eigenvalue weighted by atomic mass is 9.88. The Kier molecular flexibility index (Phi) is 8.93. The molecule has 3 aliphatic rings. The maximum atomic E-state index is 14.3. The number of rotatable bonds is 6. The van der Waals surface area contributed by atoms with Gasteiger partial charge >= 0.3 is 0 Å². The van der Waals surface area contributed by atoms with Gasteiger partial charge in [-0.3, -0.25) is 19.5 Å². The van der Waals surface area contributed by atoms with Gasteiger partial charge in [-0.25, -0.2) is 8.78 Å². The molecule has 10 heteroatoms. The number of likely N-dealkylation sites (tertiary alicyclic amines) is 1. The molecule has 0 saturated carbocycles. The minimum atomic E-state index is -0.614. The Labute approximate surface area is 235 Å². The summed E-state index contributed by atoms with van der Waals surface area (Å²) in [5.74, 6) is -1.01. The Morgan fingerprint density at radius 2 is 2.00 bits per heavy atom. The topological polar surface area (TPSA) is 68.8 Å². The number of pyridine rings is 1. The number of anilines is 1. The lowest BCUT2D eigenvalue weighted by molar-refractivity contribution is -0.134. The van der Waals surface area contributed by atoms with Crippen LogP contribution >= 0.6 is 12.4 Å². The molecular formula is C29H38ClF2N5O2. The number of nitrogens with zero attached hydrogens (tertiary/aromatic N) is 4. The first-order valence-corrected chi connectivity index (χ1v) is 13.6. The van der Waals surface area contributed by atoms with Crippen LogP contribution in [0.3, 0.4) is 0 Å². The second kappa shape index (κ2) is 11.9. The van der Waals surface area contributed by atoms with Crippen molar-refractivity contribution in [3.63, 3.8) is 0 Å².